The van der Waals surface area contributed by atoms with Crippen molar-refractivity contribution in [1.82, 2.24) is 4.98 Å². The molecular weight excluding hydrogens is 216 g/mol. The summed E-state index contributed by atoms with van der Waals surface area (Å²) in [6.07, 6.45) is 0. The highest BCUT2D eigenvalue weighted by Crippen LogP contribution is 2.27. The molecule has 2 aromatic rings. The maximum atomic E-state index is 11.0. The van der Waals surface area contributed by atoms with E-state index in [0.29, 0.717) is 0 Å². The highest BCUT2D eigenvalue weighted by molar-refractivity contribution is 5.94. The SMILES string of the molecule is COc1cc(C)nc2ccc(NC(C)=O)cc12. The Morgan fingerprint density at radius 3 is 2.76 bits per heavy atom. The van der Waals surface area contributed by atoms with E-state index in [1.807, 2.05) is 31.2 Å². The van der Waals surface area contributed by atoms with Crippen LogP contribution in [0.25, 0.3) is 10.9 Å². The number of rotatable bonds is 2. The molecule has 0 aliphatic carbocycles. The van der Waals surface area contributed by atoms with Crippen molar-refractivity contribution in [3.8, 4) is 5.75 Å². The zero-order valence-electron chi connectivity index (χ0n) is 10.1. The molecule has 0 bridgehead atoms. The highest BCUT2D eigenvalue weighted by Gasteiger charge is 2.06. The molecule has 1 N–H and O–H groups in total. The van der Waals surface area contributed by atoms with E-state index >= 15 is 0 Å². The number of nitrogens with one attached hydrogen (secondary N) is 1. The zero-order valence-corrected chi connectivity index (χ0v) is 10.1. The Balaban J connectivity index is 2.59. The molecule has 4 heteroatoms. The number of anilines is 1. The second kappa shape index (κ2) is 4.41. The molecule has 88 valence electrons. The van der Waals surface area contributed by atoms with Gasteiger partial charge in [-0.2, -0.15) is 0 Å². The van der Waals surface area contributed by atoms with Crippen molar-refractivity contribution in [1.29, 1.82) is 0 Å². The summed E-state index contributed by atoms with van der Waals surface area (Å²) in [5.41, 5.74) is 2.51. The molecule has 0 spiro atoms. The number of hydrogen-bond donors (Lipinski definition) is 1. The van der Waals surface area contributed by atoms with Gasteiger partial charge in [-0.3, -0.25) is 9.78 Å². The largest absolute Gasteiger partial charge is 0.496 e. The first kappa shape index (κ1) is 11.4. The van der Waals surface area contributed by atoms with Gasteiger partial charge in [0.2, 0.25) is 5.91 Å². The third-order valence-corrected chi connectivity index (χ3v) is 2.44. The number of carbonyl (C=O) groups excluding carboxylic acids is 1. The summed E-state index contributed by atoms with van der Waals surface area (Å²) in [5.74, 6) is 0.670. The smallest absolute Gasteiger partial charge is 0.221 e. The van der Waals surface area contributed by atoms with E-state index in [9.17, 15) is 4.79 Å². The highest BCUT2D eigenvalue weighted by atomic mass is 16.5. The third-order valence-electron chi connectivity index (χ3n) is 2.44. The summed E-state index contributed by atoms with van der Waals surface area (Å²) in [4.78, 5) is 15.4. The Morgan fingerprint density at radius 2 is 2.12 bits per heavy atom. The van der Waals surface area contributed by atoms with Crippen molar-refractivity contribution in [2.75, 3.05) is 12.4 Å². The van der Waals surface area contributed by atoms with Gasteiger partial charge in [-0.05, 0) is 25.1 Å². The quantitative estimate of drug-likeness (QED) is 0.862. The lowest BCUT2D eigenvalue weighted by molar-refractivity contribution is -0.114. The maximum absolute atomic E-state index is 11.0. The van der Waals surface area contributed by atoms with Gasteiger partial charge in [-0.15, -0.1) is 0 Å². The van der Waals surface area contributed by atoms with Crippen LogP contribution in [-0.4, -0.2) is 18.0 Å². The van der Waals surface area contributed by atoms with E-state index in [1.165, 1.54) is 6.92 Å². The number of benzene rings is 1. The molecule has 0 aliphatic heterocycles. The fraction of sp³-hybridized carbons (Fsp3) is 0.231. The standard InChI is InChI=1S/C13H14N2O2/c1-8-6-13(17-3)11-7-10(15-9(2)16)4-5-12(11)14-8/h4-7H,1-3H3,(H,15,16). The Labute approximate surface area is 99.6 Å². The normalized spacial score (nSPS) is 10.3. The van der Waals surface area contributed by atoms with Gasteiger partial charge in [0.15, 0.2) is 0 Å². The monoisotopic (exact) mass is 230 g/mol. The second-order valence-electron chi connectivity index (χ2n) is 3.88. The average molecular weight is 230 g/mol. The second-order valence-corrected chi connectivity index (χ2v) is 3.88. The Kier molecular flexibility index (Phi) is 2.95. The van der Waals surface area contributed by atoms with Crippen molar-refractivity contribution in [2.45, 2.75) is 13.8 Å². The van der Waals surface area contributed by atoms with Crippen LogP contribution in [0.1, 0.15) is 12.6 Å². The van der Waals surface area contributed by atoms with Gasteiger partial charge in [-0.25, -0.2) is 0 Å². The van der Waals surface area contributed by atoms with E-state index in [4.69, 9.17) is 4.74 Å². The molecule has 2 rings (SSSR count). The summed E-state index contributed by atoms with van der Waals surface area (Å²) >= 11 is 0. The number of nitrogens with zero attached hydrogens (tertiary/aromatic N) is 1. The average Bonchev–Trinajstić information content (AvgIpc) is 2.27. The number of aryl methyl sites for hydroxylation is 1. The maximum Gasteiger partial charge on any atom is 0.221 e. The minimum absolute atomic E-state index is 0.0941. The lowest BCUT2D eigenvalue weighted by Gasteiger charge is -2.08. The lowest BCUT2D eigenvalue weighted by atomic mass is 10.1. The van der Waals surface area contributed by atoms with Crippen LogP contribution in [0.5, 0.6) is 5.75 Å². The molecule has 0 unspecified atom stereocenters. The van der Waals surface area contributed by atoms with Crippen molar-refractivity contribution in [2.24, 2.45) is 0 Å². The van der Waals surface area contributed by atoms with Crippen molar-refractivity contribution in [3.63, 3.8) is 0 Å². The van der Waals surface area contributed by atoms with Gasteiger partial charge >= 0.3 is 0 Å². The summed E-state index contributed by atoms with van der Waals surface area (Å²) in [5, 5.41) is 3.63. The van der Waals surface area contributed by atoms with Gasteiger partial charge in [0, 0.05) is 29.8 Å². The van der Waals surface area contributed by atoms with Crippen LogP contribution in [-0.2, 0) is 4.79 Å². The fourth-order valence-corrected chi connectivity index (χ4v) is 1.77. The number of hydrogen-bond acceptors (Lipinski definition) is 3. The van der Waals surface area contributed by atoms with Gasteiger partial charge in [0.25, 0.3) is 0 Å². The van der Waals surface area contributed by atoms with Crippen LogP contribution >= 0.6 is 0 Å². The molecule has 17 heavy (non-hydrogen) atoms. The Hall–Kier alpha value is -2.10. The number of pyridine rings is 1. The van der Waals surface area contributed by atoms with Crippen LogP contribution in [0.4, 0.5) is 5.69 Å². The molecule has 1 heterocycles. The molecule has 1 aromatic heterocycles. The number of ether oxygens (including phenoxy) is 1. The van der Waals surface area contributed by atoms with Crippen molar-refractivity contribution < 1.29 is 9.53 Å². The number of aromatic nitrogens is 1. The molecule has 4 nitrogen and oxygen atoms in total. The van der Waals surface area contributed by atoms with Crippen molar-refractivity contribution >= 4 is 22.5 Å². The van der Waals surface area contributed by atoms with E-state index < -0.39 is 0 Å². The number of carbonyl (C=O) groups is 1. The summed E-state index contributed by atoms with van der Waals surface area (Å²) in [6.45, 7) is 3.40. The number of methoxy groups -OCH3 is 1. The minimum Gasteiger partial charge on any atom is -0.496 e. The molecule has 0 saturated heterocycles. The van der Waals surface area contributed by atoms with Gasteiger partial charge in [0.1, 0.15) is 5.75 Å². The van der Waals surface area contributed by atoms with E-state index in [0.717, 1.165) is 28.0 Å². The number of fused-ring (bicyclic) bond motifs is 1. The van der Waals surface area contributed by atoms with Crippen LogP contribution in [0.15, 0.2) is 24.3 Å². The van der Waals surface area contributed by atoms with Crippen LogP contribution in [0, 0.1) is 6.92 Å². The predicted molar refractivity (Wildman–Crippen MR) is 67.3 cm³/mol. The van der Waals surface area contributed by atoms with Crippen molar-refractivity contribution in [3.05, 3.63) is 30.0 Å². The lowest BCUT2D eigenvalue weighted by Crippen LogP contribution is -2.05. The molecule has 1 aromatic carbocycles. The fourth-order valence-electron chi connectivity index (χ4n) is 1.77. The van der Waals surface area contributed by atoms with Gasteiger partial charge < -0.3 is 10.1 Å². The number of amides is 1. The molecule has 0 radical (unpaired) electrons. The molecule has 0 aliphatic rings. The van der Waals surface area contributed by atoms with Crippen LogP contribution in [0.3, 0.4) is 0 Å². The Bertz CT molecular complexity index is 579. The zero-order chi connectivity index (χ0) is 12.4. The van der Waals surface area contributed by atoms with E-state index in [1.54, 1.807) is 7.11 Å². The Morgan fingerprint density at radius 1 is 1.35 bits per heavy atom. The first-order chi connectivity index (χ1) is 8.10. The molecule has 0 saturated carbocycles. The molecule has 0 atom stereocenters. The van der Waals surface area contributed by atoms with E-state index in [-0.39, 0.29) is 5.91 Å². The van der Waals surface area contributed by atoms with Crippen LogP contribution in [0.2, 0.25) is 0 Å². The molecule has 0 fully saturated rings. The predicted octanol–water partition coefficient (Wildman–Crippen LogP) is 2.51. The van der Waals surface area contributed by atoms with Gasteiger partial charge in [-0.1, -0.05) is 0 Å². The summed E-state index contributed by atoms with van der Waals surface area (Å²) < 4.78 is 5.32. The molecule has 1 amide bonds. The summed E-state index contributed by atoms with van der Waals surface area (Å²) in [6, 6.07) is 7.44. The minimum atomic E-state index is -0.0941. The summed E-state index contributed by atoms with van der Waals surface area (Å²) in [7, 11) is 1.62. The van der Waals surface area contributed by atoms with Gasteiger partial charge in [0.05, 0.1) is 12.6 Å². The first-order valence-corrected chi connectivity index (χ1v) is 5.33. The molecular formula is C13H14N2O2. The third kappa shape index (κ3) is 2.36. The van der Waals surface area contributed by atoms with Crippen LogP contribution < -0.4 is 10.1 Å². The first-order valence-electron chi connectivity index (χ1n) is 5.33. The topological polar surface area (TPSA) is 51.2 Å². The van der Waals surface area contributed by atoms with E-state index in [2.05, 4.69) is 10.3 Å².